The molecule has 0 heterocycles. The lowest BCUT2D eigenvalue weighted by atomic mass is 9.76. The molecule has 3 N–H and O–H groups in total. The molecule has 0 bridgehead atoms. The van der Waals surface area contributed by atoms with Crippen molar-refractivity contribution in [3.05, 3.63) is 23.2 Å². The number of hydrogen-bond donors (Lipinski definition) is 2. The quantitative estimate of drug-likeness (QED) is 0.830. The Morgan fingerprint density at radius 2 is 2.10 bits per heavy atom. The molecule has 2 rings (SSSR count). The van der Waals surface area contributed by atoms with Gasteiger partial charge in [-0.2, -0.15) is 0 Å². The zero-order valence-corrected chi connectivity index (χ0v) is 13.4. The molecule has 0 spiro atoms. The highest BCUT2D eigenvalue weighted by Crippen LogP contribution is 2.36. The van der Waals surface area contributed by atoms with Crippen LogP contribution in [0.25, 0.3) is 0 Å². The van der Waals surface area contributed by atoms with Gasteiger partial charge < -0.3 is 15.8 Å². The van der Waals surface area contributed by atoms with Gasteiger partial charge in [-0.1, -0.05) is 25.4 Å². The van der Waals surface area contributed by atoms with Crippen LogP contribution < -0.4 is 11.1 Å². The molecule has 1 aliphatic rings. The molecule has 1 aromatic rings. The van der Waals surface area contributed by atoms with E-state index in [0.717, 1.165) is 25.7 Å². The van der Waals surface area contributed by atoms with E-state index in [2.05, 4.69) is 19.2 Å². The molecule has 1 amide bonds. The summed E-state index contributed by atoms with van der Waals surface area (Å²) in [6.45, 7) is 4.63. The normalized spacial score (nSPS) is 18.4. The summed E-state index contributed by atoms with van der Waals surface area (Å²) >= 11 is 5.84. The first-order valence-corrected chi connectivity index (χ1v) is 7.70. The van der Waals surface area contributed by atoms with Crippen LogP contribution in [-0.2, 0) is 9.53 Å². The summed E-state index contributed by atoms with van der Waals surface area (Å²) in [5.74, 6) is -0.165. The Morgan fingerprint density at radius 3 is 2.71 bits per heavy atom. The molecule has 1 aliphatic carbocycles. The summed E-state index contributed by atoms with van der Waals surface area (Å²) < 4.78 is 5.69. The lowest BCUT2D eigenvalue weighted by molar-refractivity contribution is -0.123. The smallest absolute Gasteiger partial charge is 0.250 e. The van der Waals surface area contributed by atoms with Crippen molar-refractivity contribution in [1.82, 2.24) is 0 Å². The molecule has 21 heavy (non-hydrogen) atoms. The van der Waals surface area contributed by atoms with Gasteiger partial charge in [0.1, 0.15) is 6.61 Å². The maximum Gasteiger partial charge on any atom is 0.250 e. The van der Waals surface area contributed by atoms with Crippen molar-refractivity contribution in [2.75, 3.05) is 17.7 Å². The Bertz CT molecular complexity index is 507. The molecule has 1 aromatic carbocycles. The van der Waals surface area contributed by atoms with Crippen molar-refractivity contribution in [1.29, 1.82) is 0 Å². The number of nitrogens with one attached hydrogen (secondary N) is 1. The number of ether oxygens (including phenoxy) is 1. The van der Waals surface area contributed by atoms with Crippen LogP contribution in [0, 0.1) is 5.41 Å². The van der Waals surface area contributed by atoms with Crippen molar-refractivity contribution in [2.24, 2.45) is 5.41 Å². The van der Waals surface area contributed by atoms with Crippen LogP contribution in [0.3, 0.4) is 0 Å². The van der Waals surface area contributed by atoms with Gasteiger partial charge in [0.05, 0.1) is 16.8 Å². The minimum Gasteiger partial charge on any atom is -0.397 e. The summed E-state index contributed by atoms with van der Waals surface area (Å²) in [7, 11) is 0. The molecule has 5 heteroatoms. The molecule has 116 valence electrons. The summed E-state index contributed by atoms with van der Waals surface area (Å²) in [6, 6.07) is 5.03. The second kappa shape index (κ2) is 6.67. The number of anilines is 2. The molecular formula is C16H23ClN2O2. The van der Waals surface area contributed by atoms with Crippen LogP contribution >= 0.6 is 11.6 Å². The van der Waals surface area contributed by atoms with Crippen LogP contribution in [0.5, 0.6) is 0 Å². The Kier molecular flexibility index (Phi) is 5.12. The van der Waals surface area contributed by atoms with E-state index in [4.69, 9.17) is 22.1 Å². The molecule has 0 radical (unpaired) electrons. The third kappa shape index (κ3) is 4.90. The summed E-state index contributed by atoms with van der Waals surface area (Å²) in [6.07, 6.45) is 4.53. The van der Waals surface area contributed by atoms with E-state index in [9.17, 15) is 4.79 Å². The third-order valence-corrected chi connectivity index (χ3v) is 4.36. The highest BCUT2D eigenvalue weighted by molar-refractivity contribution is 6.33. The fourth-order valence-electron chi connectivity index (χ4n) is 2.55. The van der Waals surface area contributed by atoms with E-state index in [0.29, 0.717) is 21.8 Å². The minimum absolute atomic E-state index is 0.0770. The van der Waals surface area contributed by atoms with Crippen LogP contribution in [-0.4, -0.2) is 18.6 Å². The fraction of sp³-hybridized carbons (Fsp3) is 0.562. The van der Waals surface area contributed by atoms with Gasteiger partial charge in [0.25, 0.3) is 0 Å². The first kappa shape index (κ1) is 16.1. The summed E-state index contributed by atoms with van der Waals surface area (Å²) in [5.41, 5.74) is 7.19. The molecule has 1 fully saturated rings. The number of nitrogen functional groups attached to an aromatic ring is 1. The van der Waals surface area contributed by atoms with Gasteiger partial charge in [-0.25, -0.2) is 0 Å². The number of benzene rings is 1. The van der Waals surface area contributed by atoms with E-state index in [-0.39, 0.29) is 18.6 Å². The largest absolute Gasteiger partial charge is 0.397 e. The number of halogens is 1. The lowest BCUT2D eigenvalue weighted by Crippen LogP contribution is -2.29. The monoisotopic (exact) mass is 310 g/mol. The molecule has 0 aromatic heterocycles. The van der Waals surface area contributed by atoms with Crippen LogP contribution in [0.2, 0.25) is 5.02 Å². The second-order valence-electron chi connectivity index (χ2n) is 6.46. The summed E-state index contributed by atoms with van der Waals surface area (Å²) in [4.78, 5) is 11.9. The number of carbonyl (C=O) groups is 1. The van der Waals surface area contributed by atoms with Crippen molar-refractivity contribution in [2.45, 2.75) is 45.6 Å². The number of hydrogen-bond acceptors (Lipinski definition) is 3. The Labute approximate surface area is 131 Å². The number of rotatable bonds is 4. The Morgan fingerprint density at radius 1 is 1.43 bits per heavy atom. The lowest BCUT2D eigenvalue weighted by Gasteiger charge is -2.34. The molecule has 0 aliphatic heterocycles. The molecule has 0 saturated heterocycles. The van der Waals surface area contributed by atoms with E-state index in [1.807, 2.05) is 0 Å². The van der Waals surface area contributed by atoms with E-state index in [1.54, 1.807) is 18.2 Å². The third-order valence-electron chi connectivity index (χ3n) is 4.02. The number of amides is 1. The Balaban J connectivity index is 1.76. The van der Waals surface area contributed by atoms with E-state index in [1.165, 1.54) is 0 Å². The van der Waals surface area contributed by atoms with Gasteiger partial charge in [0.15, 0.2) is 0 Å². The average molecular weight is 311 g/mol. The zero-order chi connectivity index (χ0) is 15.5. The van der Waals surface area contributed by atoms with Gasteiger partial charge in [-0.05, 0) is 49.3 Å². The van der Waals surface area contributed by atoms with Crippen molar-refractivity contribution in [3.63, 3.8) is 0 Å². The van der Waals surface area contributed by atoms with Gasteiger partial charge in [0, 0.05) is 5.69 Å². The SMILES string of the molecule is CC1(C)CCC(OCC(=O)Nc2ccc(Cl)c(N)c2)CC1. The predicted octanol–water partition coefficient (Wildman–Crippen LogP) is 3.85. The summed E-state index contributed by atoms with van der Waals surface area (Å²) in [5, 5.41) is 3.24. The molecule has 0 atom stereocenters. The van der Waals surface area contributed by atoms with Crippen LogP contribution in [0.1, 0.15) is 39.5 Å². The second-order valence-corrected chi connectivity index (χ2v) is 6.87. The minimum atomic E-state index is -0.165. The molecule has 0 unspecified atom stereocenters. The molecule has 1 saturated carbocycles. The fourth-order valence-corrected chi connectivity index (χ4v) is 2.67. The maximum absolute atomic E-state index is 11.9. The highest BCUT2D eigenvalue weighted by Gasteiger charge is 2.27. The van der Waals surface area contributed by atoms with Gasteiger partial charge in [-0.15, -0.1) is 0 Å². The highest BCUT2D eigenvalue weighted by atomic mass is 35.5. The Hall–Kier alpha value is -1.26. The maximum atomic E-state index is 11.9. The van der Waals surface area contributed by atoms with Crippen molar-refractivity contribution >= 4 is 28.9 Å². The standard InChI is InChI=1S/C16H23ClN2O2/c1-16(2)7-5-12(6-8-16)21-10-15(20)19-11-3-4-13(17)14(18)9-11/h3-4,9,12H,5-8,10,18H2,1-2H3,(H,19,20). The topological polar surface area (TPSA) is 64.3 Å². The van der Waals surface area contributed by atoms with Crippen molar-refractivity contribution in [3.8, 4) is 0 Å². The van der Waals surface area contributed by atoms with E-state index < -0.39 is 0 Å². The molecular weight excluding hydrogens is 288 g/mol. The van der Waals surface area contributed by atoms with Crippen molar-refractivity contribution < 1.29 is 9.53 Å². The first-order chi connectivity index (χ1) is 9.85. The molecule has 4 nitrogen and oxygen atoms in total. The van der Waals surface area contributed by atoms with E-state index >= 15 is 0 Å². The van der Waals surface area contributed by atoms with Gasteiger partial charge in [0.2, 0.25) is 5.91 Å². The number of carbonyl (C=O) groups excluding carboxylic acids is 1. The first-order valence-electron chi connectivity index (χ1n) is 7.32. The zero-order valence-electron chi connectivity index (χ0n) is 12.6. The van der Waals surface area contributed by atoms with Crippen LogP contribution in [0.15, 0.2) is 18.2 Å². The predicted molar refractivity (Wildman–Crippen MR) is 86.5 cm³/mol. The number of nitrogens with two attached hydrogens (primary N) is 1. The van der Waals surface area contributed by atoms with Gasteiger partial charge in [-0.3, -0.25) is 4.79 Å². The van der Waals surface area contributed by atoms with Gasteiger partial charge >= 0.3 is 0 Å². The van der Waals surface area contributed by atoms with Crippen LogP contribution in [0.4, 0.5) is 11.4 Å². The average Bonchev–Trinajstić information content (AvgIpc) is 2.42.